The van der Waals surface area contributed by atoms with Crippen LogP contribution in [0.4, 0.5) is 0 Å². The lowest BCUT2D eigenvalue weighted by Crippen LogP contribution is -2.50. The third-order valence-corrected chi connectivity index (χ3v) is 10.8. The molecule has 0 saturated heterocycles. The van der Waals surface area contributed by atoms with Gasteiger partial charge in [0.2, 0.25) is 0 Å². The number of thioether (sulfide) groups is 2. The number of ether oxygens (including phenoxy) is 1. The van der Waals surface area contributed by atoms with Crippen LogP contribution in [0.1, 0.15) is 65.7 Å². The van der Waals surface area contributed by atoms with Crippen LogP contribution in [-0.2, 0) is 14.3 Å². The molecule has 6 atom stereocenters. The van der Waals surface area contributed by atoms with Crippen molar-refractivity contribution in [3.63, 3.8) is 0 Å². The fourth-order valence-corrected chi connectivity index (χ4v) is 8.62. The van der Waals surface area contributed by atoms with Crippen LogP contribution in [0, 0.1) is 28.6 Å². The van der Waals surface area contributed by atoms with Crippen molar-refractivity contribution in [3.05, 3.63) is 21.5 Å². The van der Waals surface area contributed by atoms with Crippen LogP contribution >= 0.6 is 23.5 Å². The lowest BCUT2D eigenvalue weighted by atomic mass is 9.48. The molecule has 0 aliphatic heterocycles. The number of hydrogen-bond acceptors (Lipinski definition) is 5. The predicted octanol–water partition coefficient (Wildman–Crippen LogP) is 6.00. The first-order valence-corrected chi connectivity index (χ1v) is 13.4. The number of carbonyl (C=O) groups is 2. The van der Waals surface area contributed by atoms with E-state index in [0.717, 1.165) is 50.5 Å². The maximum absolute atomic E-state index is 13.5. The molecule has 3 nitrogen and oxygen atoms in total. The molecule has 3 fully saturated rings. The summed E-state index contributed by atoms with van der Waals surface area (Å²) in [5, 5.41) is 0. The van der Waals surface area contributed by atoms with E-state index in [2.05, 4.69) is 32.4 Å². The van der Waals surface area contributed by atoms with Gasteiger partial charge in [0.1, 0.15) is 6.10 Å². The summed E-state index contributed by atoms with van der Waals surface area (Å²) in [4.78, 5) is 24.9. The van der Waals surface area contributed by atoms with Crippen molar-refractivity contribution in [3.8, 4) is 0 Å². The minimum Gasteiger partial charge on any atom is -0.462 e. The predicted molar refractivity (Wildman–Crippen MR) is 122 cm³/mol. The summed E-state index contributed by atoms with van der Waals surface area (Å²) in [6.45, 7) is 6.21. The maximum atomic E-state index is 13.5. The van der Waals surface area contributed by atoms with E-state index in [1.807, 2.05) is 0 Å². The topological polar surface area (TPSA) is 43.4 Å². The Labute approximate surface area is 183 Å². The average molecular weight is 435 g/mol. The molecule has 0 N–H and O–H groups in total. The van der Waals surface area contributed by atoms with E-state index < -0.39 is 0 Å². The van der Waals surface area contributed by atoms with Crippen molar-refractivity contribution in [2.45, 2.75) is 71.8 Å². The molecular weight excluding hydrogens is 400 g/mol. The van der Waals surface area contributed by atoms with Gasteiger partial charge in [0.25, 0.3) is 0 Å². The first-order valence-electron chi connectivity index (χ1n) is 11.0. The molecule has 0 bridgehead atoms. The summed E-state index contributed by atoms with van der Waals surface area (Å²) in [6.07, 6.45) is 13.9. The van der Waals surface area contributed by atoms with Gasteiger partial charge >= 0.3 is 5.97 Å². The van der Waals surface area contributed by atoms with Crippen LogP contribution in [0.2, 0.25) is 0 Å². The molecule has 160 valence electrons. The highest BCUT2D eigenvalue weighted by atomic mass is 32.2. The molecule has 5 heteroatoms. The van der Waals surface area contributed by atoms with Crippen molar-refractivity contribution < 1.29 is 14.3 Å². The van der Waals surface area contributed by atoms with E-state index in [-0.39, 0.29) is 22.9 Å². The van der Waals surface area contributed by atoms with E-state index in [1.165, 1.54) is 16.7 Å². The van der Waals surface area contributed by atoms with Crippen LogP contribution in [0.5, 0.6) is 0 Å². The lowest BCUT2D eigenvalue weighted by molar-refractivity contribution is -0.148. The number of carbonyl (C=O) groups excluding carboxylic acids is 2. The first-order chi connectivity index (χ1) is 13.7. The van der Waals surface area contributed by atoms with Crippen LogP contribution in [0.15, 0.2) is 21.5 Å². The van der Waals surface area contributed by atoms with Crippen molar-refractivity contribution in [1.82, 2.24) is 0 Å². The third-order valence-electron chi connectivity index (χ3n) is 8.61. The second-order valence-electron chi connectivity index (χ2n) is 9.90. The van der Waals surface area contributed by atoms with E-state index in [9.17, 15) is 9.59 Å². The highest BCUT2D eigenvalue weighted by molar-refractivity contribution is 8.21. The highest BCUT2D eigenvalue weighted by Gasteiger charge is 2.60. The van der Waals surface area contributed by atoms with E-state index >= 15 is 0 Å². The van der Waals surface area contributed by atoms with Gasteiger partial charge in [0.15, 0.2) is 5.78 Å². The van der Waals surface area contributed by atoms with Gasteiger partial charge in [-0.1, -0.05) is 25.5 Å². The molecule has 0 unspecified atom stereocenters. The van der Waals surface area contributed by atoms with Crippen LogP contribution in [0.3, 0.4) is 0 Å². The normalized spacial score (nSPS) is 41.2. The quantitative estimate of drug-likeness (QED) is 0.310. The van der Waals surface area contributed by atoms with Crippen LogP contribution in [0.25, 0.3) is 0 Å². The zero-order valence-electron chi connectivity index (χ0n) is 18.4. The number of Topliss-reactive ketones (excluding diaryl/α,β-unsaturated/α-hetero) is 1. The van der Waals surface area contributed by atoms with E-state index in [1.54, 1.807) is 23.5 Å². The second kappa shape index (κ2) is 7.78. The Balaban J connectivity index is 1.63. The number of allylic oxidation sites excluding steroid dienone is 2. The van der Waals surface area contributed by atoms with Gasteiger partial charge in [-0.3, -0.25) is 9.59 Å². The average Bonchev–Trinajstić information content (AvgIpc) is 2.94. The van der Waals surface area contributed by atoms with Gasteiger partial charge in [-0.05, 0) is 74.2 Å². The molecule has 3 saturated carbocycles. The summed E-state index contributed by atoms with van der Waals surface area (Å²) < 4.78 is 6.77. The van der Waals surface area contributed by atoms with Crippen LogP contribution in [-0.4, -0.2) is 30.4 Å². The van der Waals surface area contributed by atoms with E-state index in [0.29, 0.717) is 23.5 Å². The molecule has 29 heavy (non-hydrogen) atoms. The standard InChI is InChI=1S/C24H34O3S2/c1-14(25)27-16-8-10-23(2)15(12-16)6-7-17-19(23)9-11-24(3)20(17)13-18(21(24)26)22(28-4)29-5/h6,16-17,19-20H,7-13H2,1-5H3/t16-,17+,19-,20-,23-,24-/m0/s1. The van der Waals surface area contributed by atoms with Gasteiger partial charge in [0.05, 0.1) is 0 Å². The minimum absolute atomic E-state index is 0.0468. The van der Waals surface area contributed by atoms with Crippen LogP contribution < -0.4 is 0 Å². The number of ketones is 1. The first kappa shape index (κ1) is 21.5. The molecule has 4 rings (SSSR count). The third kappa shape index (κ3) is 3.35. The fourth-order valence-electron chi connectivity index (χ4n) is 7.10. The molecule has 0 aromatic rings. The molecule has 0 amide bonds. The zero-order valence-corrected chi connectivity index (χ0v) is 20.0. The Bertz CT molecular complexity index is 779. The highest BCUT2D eigenvalue weighted by Crippen LogP contribution is 2.65. The van der Waals surface area contributed by atoms with Crippen molar-refractivity contribution in [2.75, 3.05) is 12.5 Å². The van der Waals surface area contributed by atoms with Crippen molar-refractivity contribution >= 4 is 35.3 Å². The zero-order chi connectivity index (χ0) is 21.0. The van der Waals surface area contributed by atoms with Crippen molar-refractivity contribution in [1.29, 1.82) is 0 Å². The summed E-state index contributed by atoms with van der Waals surface area (Å²) in [7, 11) is 0. The lowest BCUT2D eigenvalue weighted by Gasteiger charge is -2.56. The van der Waals surface area contributed by atoms with Crippen molar-refractivity contribution in [2.24, 2.45) is 28.6 Å². The number of fused-ring (bicyclic) bond motifs is 5. The molecular formula is C24H34O3S2. The van der Waals surface area contributed by atoms with Gasteiger partial charge < -0.3 is 4.74 Å². The second-order valence-corrected chi connectivity index (χ2v) is 11.8. The smallest absolute Gasteiger partial charge is 0.302 e. The Morgan fingerprint density at radius 1 is 1.07 bits per heavy atom. The molecule has 0 radical (unpaired) electrons. The summed E-state index contributed by atoms with van der Waals surface area (Å²) in [6, 6.07) is 0. The summed E-state index contributed by atoms with van der Waals surface area (Å²) in [5.74, 6) is 1.98. The minimum atomic E-state index is -0.177. The number of hydrogen-bond donors (Lipinski definition) is 0. The molecule has 0 spiro atoms. The number of rotatable bonds is 3. The molecule has 0 heterocycles. The van der Waals surface area contributed by atoms with E-state index in [4.69, 9.17) is 4.74 Å². The Kier molecular flexibility index (Phi) is 5.78. The van der Waals surface area contributed by atoms with Gasteiger partial charge in [-0.25, -0.2) is 0 Å². The monoisotopic (exact) mass is 434 g/mol. The number of esters is 1. The maximum Gasteiger partial charge on any atom is 0.302 e. The Morgan fingerprint density at radius 2 is 1.76 bits per heavy atom. The largest absolute Gasteiger partial charge is 0.462 e. The molecule has 0 aromatic heterocycles. The van der Waals surface area contributed by atoms with Gasteiger partial charge in [-0.15, -0.1) is 23.5 Å². The van der Waals surface area contributed by atoms with Gasteiger partial charge in [-0.2, -0.15) is 0 Å². The summed E-state index contributed by atoms with van der Waals surface area (Å²) >= 11 is 3.47. The van der Waals surface area contributed by atoms with Gasteiger partial charge in [0, 0.05) is 28.6 Å². The molecule has 4 aliphatic carbocycles. The Morgan fingerprint density at radius 3 is 2.41 bits per heavy atom. The summed E-state index contributed by atoms with van der Waals surface area (Å²) in [5.41, 5.74) is 2.65. The molecule has 4 aliphatic rings. The Hall–Kier alpha value is -0.680. The molecule has 0 aromatic carbocycles. The SMILES string of the molecule is CSC(SC)=C1C[C@H]2[C@@H]3CC=C4C[C@@H](OC(C)=O)CC[C@]4(C)[C@H]3CC[C@]2(C)C1=O. The fraction of sp³-hybridized carbons (Fsp3) is 0.750.